The number of ether oxygens (including phenoxy) is 1. The van der Waals surface area contributed by atoms with E-state index in [0.717, 1.165) is 30.1 Å². The van der Waals surface area contributed by atoms with Crippen LogP contribution in [0.1, 0.15) is 36.5 Å². The molecule has 1 saturated heterocycles. The van der Waals surface area contributed by atoms with Crippen molar-refractivity contribution in [2.24, 2.45) is 11.7 Å². The van der Waals surface area contributed by atoms with E-state index in [-0.39, 0.29) is 12.1 Å². The van der Waals surface area contributed by atoms with E-state index in [1.165, 1.54) is 0 Å². The van der Waals surface area contributed by atoms with Crippen molar-refractivity contribution in [3.8, 4) is 0 Å². The van der Waals surface area contributed by atoms with E-state index in [2.05, 4.69) is 6.92 Å². The predicted molar refractivity (Wildman–Crippen MR) is 58.6 cm³/mol. The molecule has 2 heterocycles. The van der Waals surface area contributed by atoms with Crippen LogP contribution in [0.15, 0.2) is 10.5 Å². The van der Waals surface area contributed by atoms with Crippen molar-refractivity contribution in [2.75, 3.05) is 6.61 Å². The predicted octanol–water partition coefficient (Wildman–Crippen LogP) is 2.32. The number of rotatable bonds is 2. The van der Waals surface area contributed by atoms with E-state index in [0.29, 0.717) is 5.92 Å². The topological polar surface area (TPSA) is 48.4 Å². The van der Waals surface area contributed by atoms with Gasteiger partial charge in [0.05, 0.1) is 6.10 Å². The highest BCUT2D eigenvalue weighted by Gasteiger charge is 2.32. The van der Waals surface area contributed by atoms with E-state index in [1.54, 1.807) is 0 Å². The Morgan fingerprint density at radius 3 is 2.67 bits per heavy atom. The molecule has 1 fully saturated rings. The smallest absolute Gasteiger partial charge is 0.105 e. The lowest BCUT2D eigenvalue weighted by Crippen LogP contribution is -2.26. The summed E-state index contributed by atoms with van der Waals surface area (Å²) in [4.78, 5) is 0. The zero-order valence-corrected chi connectivity index (χ0v) is 9.62. The molecule has 0 aromatic carbocycles. The van der Waals surface area contributed by atoms with E-state index in [4.69, 9.17) is 14.9 Å². The monoisotopic (exact) mass is 209 g/mol. The first-order chi connectivity index (χ1) is 7.09. The highest BCUT2D eigenvalue weighted by molar-refractivity contribution is 5.24. The lowest BCUT2D eigenvalue weighted by Gasteiger charge is -2.21. The van der Waals surface area contributed by atoms with Crippen molar-refractivity contribution in [3.63, 3.8) is 0 Å². The minimum absolute atomic E-state index is 0.0416. The maximum absolute atomic E-state index is 6.26. The summed E-state index contributed by atoms with van der Waals surface area (Å²) < 4.78 is 11.1. The van der Waals surface area contributed by atoms with E-state index >= 15 is 0 Å². The molecule has 0 saturated carbocycles. The molecule has 1 aliphatic heterocycles. The molecule has 3 heteroatoms. The fourth-order valence-electron chi connectivity index (χ4n) is 2.43. The second kappa shape index (κ2) is 3.99. The lowest BCUT2D eigenvalue weighted by atomic mass is 9.89. The minimum Gasteiger partial charge on any atom is -0.466 e. The highest BCUT2D eigenvalue weighted by atomic mass is 16.5. The summed E-state index contributed by atoms with van der Waals surface area (Å²) in [6.07, 6.45) is 1.31. The third kappa shape index (κ3) is 1.94. The van der Waals surface area contributed by atoms with Gasteiger partial charge in [-0.2, -0.15) is 0 Å². The standard InChI is InChI=1S/C12H19NO2/c1-7-6-11(9(3)15-7)12(13)10-4-5-14-8(10)2/h6,8,10,12H,4-5,13H2,1-3H3. The Morgan fingerprint density at radius 1 is 1.47 bits per heavy atom. The van der Waals surface area contributed by atoms with Crippen LogP contribution in [-0.4, -0.2) is 12.7 Å². The molecule has 1 aliphatic rings. The maximum atomic E-state index is 6.26. The van der Waals surface area contributed by atoms with Crippen LogP contribution in [-0.2, 0) is 4.74 Å². The Labute approximate surface area is 90.6 Å². The average molecular weight is 209 g/mol. The molecule has 0 spiro atoms. The van der Waals surface area contributed by atoms with Crippen LogP contribution in [0.3, 0.4) is 0 Å². The summed E-state index contributed by atoms with van der Waals surface area (Å²) in [7, 11) is 0. The number of furan rings is 1. The van der Waals surface area contributed by atoms with Crippen LogP contribution < -0.4 is 5.73 Å². The normalized spacial score (nSPS) is 28.3. The molecule has 1 aromatic rings. The molecule has 0 amide bonds. The van der Waals surface area contributed by atoms with Crippen LogP contribution in [0, 0.1) is 19.8 Å². The molecule has 0 radical (unpaired) electrons. The van der Waals surface area contributed by atoms with Crippen LogP contribution in [0.2, 0.25) is 0 Å². The van der Waals surface area contributed by atoms with Gasteiger partial charge in [0.25, 0.3) is 0 Å². The van der Waals surface area contributed by atoms with Crippen molar-refractivity contribution < 1.29 is 9.15 Å². The van der Waals surface area contributed by atoms with Crippen molar-refractivity contribution in [3.05, 3.63) is 23.2 Å². The summed E-state index contributed by atoms with van der Waals surface area (Å²) in [5, 5.41) is 0. The summed E-state index contributed by atoms with van der Waals surface area (Å²) in [5.41, 5.74) is 7.40. The molecule has 1 aromatic heterocycles. The maximum Gasteiger partial charge on any atom is 0.105 e. The number of aryl methyl sites for hydroxylation is 2. The van der Waals surface area contributed by atoms with Gasteiger partial charge in [0.1, 0.15) is 11.5 Å². The molecule has 2 rings (SSSR count). The third-order valence-electron chi connectivity index (χ3n) is 3.33. The second-order valence-corrected chi connectivity index (χ2v) is 4.42. The van der Waals surface area contributed by atoms with Gasteiger partial charge in [-0.05, 0) is 33.3 Å². The first-order valence-electron chi connectivity index (χ1n) is 5.53. The van der Waals surface area contributed by atoms with E-state index in [1.807, 2.05) is 19.9 Å². The molecule has 84 valence electrons. The van der Waals surface area contributed by atoms with Crippen LogP contribution in [0.4, 0.5) is 0 Å². The fourth-order valence-corrected chi connectivity index (χ4v) is 2.43. The van der Waals surface area contributed by atoms with Crippen LogP contribution in [0.25, 0.3) is 0 Å². The molecule has 0 aliphatic carbocycles. The van der Waals surface area contributed by atoms with Gasteiger partial charge in [0, 0.05) is 24.1 Å². The largest absolute Gasteiger partial charge is 0.466 e. The van der Waals surface area contributed by atoms with Gasteiger partial charge in [0.15, 0.2) is 0 Å². The van der Waals surface area contributed by atoms with Gasteiger partial charge in [-0.3, -0.25) is 0 Å². The van der Waals surface area contributed by atoms with Crippen molar-refractivity contribution >= 4 is 0 Å². The average Bonchev–Trinajstić information content (AvgIpc) is 2.71. The van der Waals surface area contributed by atoms with Crippen LogP contribution in [0.5, 0.6) is 0 Å². The van der Waals surface area contributed by atoms with E-state index < -0.39 is 0 Å². The summed E-state index contributed by atoms with van der Waals surface area (Å²) in [6, 6.07) is 2.09. The quantitative estimate of drug-likeness (QED) is 0.813. The van der Waals surface area contributed by atoms with Gasteiger partial charge in [-0.25, -0.2) is 0 Å². The first-order valence-corrected chi connectivity index (χ1v) is 5.53. The Hall–Kier alpha value is -0.800. The van der Waals surface area contributed by atoms with E-state index in [9.17, 15) is 0 Å². The number of hydrogen-bond donors (Lipinski definition) is 1. The third-order valence-corrected chi connectivity index (χ3v) is 3.33. The number of nitrogens with two attached hydrogens (primary N) is 1. The SMILES string of the molecule is Cc1cc(C(N)C2CCOC2C)c(C)o1. The first kappa shape index (κ1) is 10.7. The zero-order chi connectivity index (χ0) is 11.0. The Balaban J connectivity index is 2.19. The van der Waals surface area contributed by atoms with Gasteiger partial charge in [-0.15, -0.1) is 0 Å². The Bertz CT molecular complexity index is 345. The highest BCUT2D eigenvalue weighted by Crippen LogP contribution is 2.33. The molecule has 3 atom stereocenters. The summed E-state index contributed by atoms with van der Waals surface area (Å²) in [6.45, 7) is 6.86. The Kier molecular flexibility index (Phi) is 2.85. The minimum atomic E-state index is 0.0416. The zero-order valence-electron chi connectivity index (χ0n) is 9.62. The Morgan fingerprint density at radius 2 is 2.20 bits per heavy atom. The van der Waals surface area contributed by atoms with Crippen LogP contribution >= 0.6 is 0 Å². The molecular weight excluding hydrogens is 190 g/mol. The van der Waals surface area contributed by atoms with Gasteiger partial charge >= 0.3 is 0 Å². The molecule has 3 unspecified atom stereocenters. The second-order valence-electron chi connectivity index (χ2n) is 4.42. The van der Waals surface area contributed by atoms with Gasteiger partial charge in [0.2, 0.25) is 0 Å². The van der Waals surface area contributed by atoms with Crippen molar-refractivity contribution in [2.45, 2.75) is 39.3 Å². The summed E-state index contributed by atoms with van der Waals surface area (Å²) in [5.74, 6) is 2.30. The molecular formula is C12H19NO2. The summed E-state index contributed by atoms with van der Waals surface area (Å²) >= 11 is 0. The fraction of sp³-hybridized carbons (Fsp3) is 0.667. The number of hydrogen-bond acceptors (Lipinski definition) is 3. The van der Waals surface area contributed by atoms with Gasteiger partial charge in [-0.1, -0.05) is 0 Å². The lowest BCUT2D eigenvalue weighted by molar-refractivity contribution is 0.0994. The molecule has 15 heavy (non-hydrogen) atoms. The van der Waals surface area contributed by atoms with Gasteiger partial charge < -0.3 is 14.9 Å². The molecule has 0 bridgehead atoms. The molecule has 3 nitrogen and oxygen atoms in total. The van der Waals surface area contributed by atoms with Crippen molar-refractivity contribution in [1.29, 1.82) is 0 Å². The van der Waals surface area contributed by atoms with Crippen molar-refractivity contribution in [1.82, 2.24) is 0 Å². The molecule has 2 N–H and O–H groups in total.